The summed E-state index contributed by atoms with van der Waals surface area (Å²) in [5, 5.41) is 0.780. The van der Waals surface area contributed by atoms with E-state index in [2.05, 4.69) is 18.1 Å². The number of carbonyl (C=O) groups is 2. The van der Waals surface area contributed by atoms with Crippen molar-refractivity contribution in [2.75, 3.05) is 27.7 Å². The van der Waals surface area contributed by atoms with E-state index in [1.165, 1.54) is 0 Å². The molecule has 0 saturated carbocycles. The molecule has 1 aliphatic rings. The van der Waals surface area contributed by atoms with E-state index >= 15 is 0 Å². The fourth-order valence-corrected chi connectivity index (χ4v) is 2.37. The van der Waals surface area contributed by atoms with Gasteiger partial charge in [0.1, 0.15) is 0 Å². The van der Waals surface area contributed by atoms with Crippen molar-refractivity contribution in [3.8, 4) is 0 Å². The molecule has 0 aromatic rings. The molecule has 6 nitrogen and oxygen atoms in total. The van der Waals surface area contributed by atoms with E-state index in [1.807, 2.05) is 46.2 Å². The van der Waals surface area contributed by atoms with Crippen molar-refractivity contribution >= 4 is 11.8 Å². The maximum atomic E-state index is 11.6. The first-order valence-electron chi connectivity index (χ1n) is 8.47. The summed E-state index contributed by atoms with van der Waals surface area (Å²) in [6.45, 7) is 12.5. The second kappa shape index (κ2) is 9.77. The second-order valence-corrected chi connectivity index (χ2v) is 6.45. The lowest BCUT2D eigenvalue weighted by Crippen LogP contribution is -2.31. The summed E-state index contributed by atoms with van der Waals surface area (Å²) in [6.07, 6.45) is 8.09. The van der Waals surface area contributed by atoms with Gasteiger partial charge in [-0.15, -0.1) is 5.06 Å². The lowest BCUT2D eigenvalue weighted by Gasteiger charge is -2.22. The maximum Gasteiger partial charge on any atom is 0.264 e. The highest BCUT2D eigenvalue weighted by Gasteiger charge is 2.32. The van der Waals surface area contributed by atoms with Crippen molar-refractivity contribution in [1.82, 2.24) is 14.9 Å². The Hall–Kier alpha value is -2.60. The number of allylic oxidation sites excluding steroid dienone is 4. The largest absolute Gasteiger partial charge is 0.351 e. The number of likely N-dealkylation sites (N-methyl/N-ethyl adjacent to an activating group) is 1. The van der Waals surface area contributed by atoms with Gasteiger partial charge in [0.15, 0.2) is 0 Å². The Balaban J connectivity index is 2.95. The van der Waals surface area contributed by atoms with Gasteiger partial charge in [0.2, 0.25) is 5.88 Å². The van der Waals surface area contributed by atoms with Gasteiger partial charge in [0.25, 0.3) is 11.8 Å². The number of rotatable bonds is 9. The SMILES string of the molecule is C=C(C)C(/C=C\C)=C(/C=C/N(C)C(=C)ON1C(=O)CCC1=O)CN(C)C. The van der Waals surface area contributed by atoms with Gasteiger partial charge in [0.05, 0.1) is 0 Å². The molecule has 1 saturated heterocycles. The highest BCUT2D eigenvalue weighted by molar-refractivity contribution is 6.00. The van der Waals surface area contributed by atoms with Crippen LogP contribution in [0.15, 0.2) is 60.2 Å². The molecular weight excluding hydrogens is 330 g/mol. The number of hydrogen-bond donors (Lipinski definition) is 0. The normalized spacial score (nSPS) is 16.0. The monoisotopic (exact) mass is 359 g/mol. The molecule has 0 spiro atoms. The Labute approximate surface area is 156 Å². The second-order valence-electron chi connectivity index (χ2n) is 6.45. The van der Waals surface area contributed by atoms with Crippen LogP contribution in [-0.2, 0) is 14.4 Å². The first-order chi connectivity index (χ1) is 12.2. The number of carbonyl (C=O) groups excluding carboxylic acids is 2. The van der Waals surface area contributed by atoms with Gasteiger partial charge in [-0.25, -0.2) is 0 Å². The molecule has 0 N–H and O–H groups in total. The lowest BCUT2D eigenvalue weighted by atomic mass is 10.0. The molecule has 0 unspecified atom stereocenters. The molecule has 1 aliphatic heterocycles. The molecular formula is C20H29N3O3. The third kappa shape index (κ3) is 6.04. The third-order valence-corrected chi connectivity index (χ3v) is 3.72. The first-order valence-corrected chi connectivity index (χ1v) is 8.47. The van der Waals surface area contributed by atoms with Crippen LogP contribution in [0, 0.1) is 0 Å². The van der Waals surface area contributed by atoms with Crippen molar-refractivity contribution in [3.05, 3.63) is 60.2 Å². The predicted octanol–water partition coefficient (Wildman–Crippen LogP) is 2.99. The van der Waals surface area contributed by atoms with E-state index in [9.17, 15) is 9.59 Å². The first kappa shape index (κ1) is 21.4. The zero-order chi connectivity index (χ0) is 19.9. The van der Waals surface area contributed by atoms with Gasteiger partial charge >= 0.3 is 0 Å². The average Bonchev–Trinajstić information content (AvgIpc) is 2.87. The quantitative estimate of drug-likeness (QED) is 0.360. The molecule has 26 heavy (non-hydrogen) atoms. The molecule has 0 radical (unpaired) electrons. The third-order valence-electron chi connectivity index (χ3n) is 3.72. The summed E-state index contributed by atoms with van der Waals surface area (Å²) >= 11 is 0. The maximum absolute atomic E-state index is 11.6. The summed E-state index contributed by atoms with van der Waals surface area (Å²) in [5.41, 5.74) is 3.10. The van der Waals surface area contributed by atoms with Crippen molar-refractivity contribution in [3.63, 3.8) is 0 Å². The number of nitrogens with zero attached hydrogens (tertiary/aromatic N) is 3. The van der Waals surface area contributed by atoms with Gasteiger partial charge in [-0.2, -0.15) is 0 Å². The Kier molecular flexibility index (Phi) is 8.06. The summed E-state index contributed by atoms with van der Waals surface area (Å²) in [5.74, 6) is -0.504. The molecule has 0 atom stereocenters. The van der Waals surface area contributed by atoms with Crippen LogP contribution in [0.5, 0.6) is 0 Å². The van der Waals surface area contributed by atoms with Crippen molar-refractivity contribution in [2.24, 2.45) is 0 Å². The molecule has 6 heteroatoms. The number of hydroxylamine groups is 2. The average molecular weight is 359 g/mol. The highest BCUT2D eigenvalue weighted by atomic mass is 16.7. The smallest absolute Gasteiger partial charge is 0.264 e. The summed E-state index contributed by atoms with van der Waals surface area (Å²) in [4.78, 5) is 32.3. The molecule has 0 aromatic heterocycles. The van der Waals surface area contributed by atoms with E-state index in [-0.39, 0.29) is 30.5 Å². The van der Waals surface area contributed by atoms with E-state index < -0.39 is 0 Å². The fourth-order valence-electron chi connectivity index (χ4n) is 2.37. The van der Waals surface area contributed by atoms with Crippen LogP contribution in [0.4, 0.5) is 0 Å². The van der Waals surface area contributed by atoms with E-state index in [4.69, 9.17) is 4.84 Å². The van der Waals surface area contributed by atoms with Crippen LogP contribution >= 0.6 is 0 Å². The highest BCUT2D eigenvalue weighted by Crippen LogP contribution is 2.19. The van der Waals surface area contributed by atoms with E-state index in [0.29, 0.717) is 0 Å². The number of imide groups is 1. The standard InChI is InChI=1S/C20H29N3O3/c1-8-9-18(15(2)3)17(14-21(5)6)12-13-22(7)16(4)26-23-19(24)10-11-20(23)25/h8-9,12-13H,2,4,10-11,14H2,1,3,5-7H3/b9-8-,13-12+,18-17-. The van der Waals surface area contributed by atoms with Crippen molar-refractivity contribution in [1.29, 1.82) is 0 Å². The lowest BCUT2D eigenvalue weighted by molar-refractivity contribution is -0.180. The van der Waals surface area contributed by atoms with Gasteiger partial charge in [0, 0.05) is 32.6 Å². The minimum Gasteiger partial charge on any atom is -0.351 e. The van der Waals surface area contributed by atoms with E-state index in [1.54, 1.807) is 18.1 Å². The predicted molar refractivity (Wildman–Crippen MR) is 103 cm³/mol. The molecule has 1 heterocycles. The Morgan fingerprint density at radius 3 is 2.19 bits per heavy atom. The van der Waals surface area contributed by atoms with Gasteiger partial charge in [-0.05, 0) is 51.7 Å². The van der Waals surface area contributed by atoms with Crippen LogP contribution in [0.2, 0.25) is 0 Å². The van der Waals surface area contributed by atoms with Crippen LogP contribution in [-0.4, -0.2) is 54.4 Å². The van der Waals surface area contributed by atoms with Crippen molar-refractivity contribution < 1.29 is 14.4 Å². The van der Waals surface area contributed by atoms with Gasteiger partial charge in [-0.3, -0.25) is 9.59 Å². The molecule has 0 bridgehead atoms. The van der Waals surface area contributed by atoms with Gasteiger partial charge < -0.3 is 14.6 Å². The zero-order valence-corrected chi connectivity index (χ0v) is 16.4. The summed E-state index contributed by atoms with van der Waals surface area (Å²) in [7, 11) is 5.74. The minimum absolute atomic E-state index is 0.173. The summed E-state index contributed by atoms with van der Waals surface area (Å²) in [6, 6.07) is 0. The van der Waals surface area contributed by atoms with Crippen LogP contribution in [0.3, 0.4) is 0 Å². The van der Waals surface area contributed by atoms with Crippen molar-refractivity contribution in [2.45, 2.75) is 26.7 Å². The van der Waals surface area contributed by atoms with Crippen LogP contribution in [0.25, 0.3) is 0 Å². The summed E-state index contributed by atoms with van der Waals surface area (Å²) < 4.78 is 0. The van der Waals surface area contributed by atoms with Crippen LogP contribution in [0.1, 0.15) is 26.7 Å². The molecule has 0 aromatic carbocycles. The molecule has 2 amide bonds. The number of amides is 2. The Morgan fingerprint density at radius 2 is 1.73 bits per heavy atom. The zero-order valence-electron chi connectivity index (χ0n) is 16.4. The van der Waals surface area contributed by atoms with E-state index in [0.717, 1.165) is 28.3 Å². The Morgan fingerprint density at radius 1 is 1.15 bits per heavy atom. The van der Waals surface area contributed by atoms with Gasteiger partial charge in [-0.1, -0.05) is 24.3 Å². The molecule has 1 fully saturated rings. The van der Waals surface area contributed by atoms with Crippen LogP contribution < -0.4 is 0 Å². The minimum atomic E-state index is -0.348. The number of hydrogen-bond acceptors (Lipinski definition) is 5. The molecule has 1 rings (SSSR count). The Bertz CT molecular complexity index is 656. The topological polar surface area (TPSA) is 53.1 Å². The fraction of sp³-hybridized carbons (Fsp3) is 0.400. The molecule has 0 aliphatic carbocycles. The molecule has 142 valence electrons.